The molecule has 2 rings (SSSR count). The number of nitrogens with zero attached hydrogens (tertiary/aromatic N) is 1. The van der Waals surface area contributed by atoms with Crippen molar-refractivity contribution in [1.29, 1.82) is 0 Å². The number of hydrogen-bond donors (Lipinski definition) is 3. The number of aliphatic imine (C=N–C) groups is 1. The number of carbonyl (C=O) groups is 1. The van der Waals surface area contributed by atoms with Crippen molar-refractivity contribution in [2.24, 2.45) is 10.7 Å². The molecule has 0 aromatic heterocycles. The Balaban J connectivity index is 0.00000392. The van der Waals surface area contributed by atoms with Crippen LogP contribution >= 0.6 is 24.0 Å². The second-order valence-electron chi connectivity index (χ2n) is 6.29. The number of halogens is 1. The number of rotatable bonds is 8. The molecule has 0 bridgehead atoms. The van der Waals surface area contributed by atoms with Gasteiger partial charge in [0.2, 0.25) is 0 Å². The van der Waals surface area contributed by atoms with Crippen molar-refractivity contribution in [2.45, 2.75) is 32.9 Å². The molecule has 0 aliphatic rings. The van der Waals surface area contributed by atoms with Crippen molar-refractivity contribution >= 4 is 35.8 Å². The Morgan fingerprint density at radius 1 is 1.18 bits per heavy atom. The van der Waals surface area contributed by atoms with Crippen LogP contribution in [0.5, 0.6) is 5.75 Å². The van der Waals surface area contributed by atoms with E-state index >= 15 is 0 Å². The van der Waals surface area contributed by atoms with Crippen LogP contribution in [0.25, 0.3) is 0 Å². The van der Waals surface area contributed by atoms with Crippen LogP contribution in [-0.2, 0) is 17.8 Å². The fourth-order valence-corrected chi connectivity index (χ4v) is 2.61. The molecule has 4 N–H and O–H groups in total. The Bertz CT molecular complexity index is 778. The van der Waals surface area contributed by atoms with Gasteiger partial charge in [0.05, 0.1) is 6.04 Å². The average molecular weight is 496 g/mol. The van der Waals surface area contributed by atoms with Gasteiger partial charge in [-0.25, -0.2) is 0 Å². The molecule has 1 amide bonds. The number of amides is 1. The first kappa shape index (κ1) is 23.7. The number of ether oxygens (including phenoxy) is 1. The van der Waals surface area contributed by atoms with E-state index in [2.05, 4.69) is 53.7 Å². The van der Waals surface area contributed by atoms with Crippen LogP contribution in [0.4, 0.5) is 0 Å². The van der Waals surface area contributed by atoms with Crippen molar-refractivity contribution in [1.82, 2.24) is 10.6 Å². The standard InChI is InChI=1S/C21H28N4O2.HI/c1-4-16-8-10-18(11-9-16)15(2)25-21(23-3)24-13-17-6-5-7-19(12-17)27-14-20(22)26;/h5-12,15H,4,13-14H2,1-3H3,(H2,22,26)(H2,23,24,25);1H. The maximum Gasteiger partial charge on any atom is 0.255 e. The first-order valence-corrected chi connectivity index (χ1v) is 9.08. The lowest BCUT2D eigenvalue weighted by Gasteiger charge is -2.19. The summed E-state index contributed by atoms with van der Waals surface area (Å²) in [6, 6.07) is 16.2. The lowest BCUT2D eigenvalue weighted by atomic mass is 10.1. The van der Waals surface area contributed by atoms with Gasteiger partial charge >= 0.3 is 0 Å². The van der Waals surface area contributed by atoms with E-state index in [-0.39, 0.29) is 36.6 Å². The van der Waals surface area contributed by atoms with Crippen molar-refractivity contribution in [3.8, 4) is 5.75 Å². The minimum atomic E-state index is -0.496. The molecule has 2 aromatic rings. The summed E-state index contributed by atoms with van der Waals surface area (Å²) in [5, 5.41) is 6.68. The molecule has 7 heteroatoms. The molecular formula is C21H29IN4O2. The highest BCUT2D eigenvalue weighted by atomic mass is 127. The second-order valence-corrected chi connectivity index (χ2v) is 6.29. The Kier molecular flexibility index (Phi) is 10.4. The number of aryl methyl sites for hydroxylation is 1. The lowest BCUT2D eigenvalue weighted by Crippen LogP contribution is -2.38. The zero-order valence-corrected chi connectivity index (χ0v) is 18.9. The van der Waals surface area contributed by atoms with Gasteiger partial charge in [-0.05, 0) is 42.2 Å². The van der Waals surface area contributed by atoms with Crippen LogP contribution in [-0.4, -0.2) is 25.5 Å². The quantitative estimate of drug-likeness (QED) is 0.298. The molecule has 1 atom stereocenters. The minimum absolute atomic E-state index is 0. The van der Waals surface area contributed by atoms with Crippen LogP contribution < -0.4 is 21.1 Å². The van der Waals surface area contributed by atoms with Crippen LogP contribution in [0.3, 0.4) is 0 Å². The monoisotopic (exact) mass is 496 g/mol. The Hall–Kier alpha value is -2.29. The molecule has 0 fully saturated rings. The van der Waals surface area contributed by atoms with E-state index in [1.54, 1.807) is 13.1 Å². The highest BCUT2D eigenvalue weighted by molar-refractivity contribution is 14.0. The van der Waals surface area contributed by atoms with Crippen molar-refractivity contribution in [2.75, 3.05) is 13.7 Å². The molecule has 0 saturated carbocycles. The zero-order chi connectivity index (χ0) is 19.6. The molecule has 0 aliphatic carbocycles. The number of nitrogens with one attached hydrogen (secondary N) is 2. The summed E-state index contributed by atoms with van der Waals surface area (Å²) in [5.74, 6) is 0.829. The van der Waals surface area contributed by atoms with Crippen LogP contribution in [0.2, 0.25) is 0 Å². The van der Waals surface area contributed by atoms with Gasteiger partial charge in [-0.2, -0.15) is 0 Å². The molecule has 6 nitrogen and oxygen atoms in total. The van der Waals surface area contributed by atoms with E-state index in [0.29, 0.717) is 18.3 Å². The van der Waals surface area contributed by atoms with Crippen molar-refractivity contribution in [3.63, 3.8) is 0 Å². The molecule has 28 heavy (non-hydrogen) atoms. The third-order valence-electron chi connectivity index (χ3n) is 4.20. The summed E-state index contributed by atoms with van der Waals surface area (Å²) in [5.41, 5.74) is 8.65. The maximum atomic E-state index is 10.8. The molecule has 0 saturated heterocycles. The first-order valence-electron chi connectivity index (χ1n) is 9.08. The number of nitrogens with two attached hydrogens (primary N) is 1. The topological polar surface area (TPSA) is 88.7 Å². The van der Waals surface area contributed by atoms with Crippen LogP contribution in [0.15, 0.2) is 53.5 Å². The van der Waals surface area contributed by atoms with E-state index < -0.39 is 5.91 Å². The van der Waals surface area contributed by atoms with E-state index in [4.69, 9.17) is 10.5 Å². The zero-order valence-electron chi connectivity index (χ0n) is 16.6. The average Bonchev–Trinajstić information content (AvgIpc) is 2.69. The van der Waals surface area contributed by atoms with Crippen LogP contribution in [0.1, 0.15) is 36.6 Å². The van der Waals surface area contributed by atoms with E-state index in [9.17, 15) is 4.79 Å². The summed E-state index contributed by atoms with van der Waals surface area (Å²) in [6.07, 6.45) is 1.04. The highest BCUT2D eigenvalue weighted by Gasteiger charge is 2.08. The minimum Gasteiger partial charge on any atom is -0.484 e. The number of primary amides is 1. The Morgan fingerprint density at radius 3 is 2.50 bits per heavy atom. The van der Waals surface area contributed by atoms with Gasteiger partial charge in [0.15, 0.2) is 12.6 Å². The van der Waals surface area contributed by atoms with Gasteiger partial charge in [0.1, 0.15) is 5.75 Å². The summed E-state index contributed by atoms with van der Waals surface area (Å²) in [6.45, 7) is 4.70. The summed E-state index contributed by atoms with van der Waals surface area (Å²) < 4.78 is 5.33. The molecule has 152 valence electrons. The van der Waals surface area contributed by atoms with Gasteiger partial charge < -0.3 is 21.1 Å². The SMILES string of the molecule is CCc1ccc(C(C)NC(=NC)NCc2cccc(OCC(N)=O)c2)cc1.I. The predicted octanol–water partition coefficient (Wildman–Crippen LogP) is 3.16. The normalized spacial score (nSPS) is 11.9. The second kappa shape index (κ2) is 12.2. The van der Waals surface area contributed by atoms with Gasteiger partial charge in [0.25, 0.3) is 5.91 Å². The molecular weight excluding hydrogens is 467 g/mol. The Morgan fingerprint density at radius 2 is 1.89 bits per heavy atom. The van der Waals surface area contributed by atoms with Gasteiger partial charge in [-0.1, -0.05) is 43.3 Å². The highest BCUT2D eigenvalue weighted by Crippen LogP contribution is 2.15. The first-order chi connectivity index (χ1) is 13.0. The number of guanidine groups is 1. The number of hydrogen-bond acceptors (Lipinski definition) is 3. The molecule has 0 radical (unpaired) electrons. The summed E-state index contributed by atoms with van der Waals surface area (Å²) in [7, 11) is 1.74. The molecule has 1 unspecified atom stereocenters. The fourth-order valence-electron chi connectivity index (χ4n) is 2.61. The lowest BCUT2D eigenvalue weighted by molar-refractivity contribution is -0.119. The van der Waals surface area contributed by atoms with E-state index in [0.717, 1.165) is 12.0 Å². The molecule has 0 heterocycles. The Labute approximate surface area is 184 Å². The predicted molar refractivity (Wildman–Crippen MR) is 124 cm³/mol. The van der Waals surface area contributed by atoms with Gasteiger partial charge in [0, 0.05) is 13.6 Å². The maximum absolute atomic E-state index is 10.8. The van der Waals surface area contributed by atoms with Crippen molar-refractivity contribution in [3.05, 3.63) is 65.2 Å². The van der Waals surface area contributed by atoms with E-state index in [1.165, 1.54) is 11.1 Å². The number of benzene rings is 2. The third kappa shape index (κ3) is 7.75. The van der Waals surface area contributed by atoms with Crippen LogP contribution in [0, 0.1) is 0 Å². The molecule has 0 aliphatic heterocycles. The van der Waals surface area contributed by atoms with Gasteiger partial charge in [-0.3, -0.25) is 9.79 Å². The fraction of sp³-hybridized carbons (Fsp3) is 0.333. The largest absolute Gasteiger partial charge is 0.484 e. The van der Waals surface area contributed by atoms with Gasteiger partial charge in [-0.15, -0.1) is 24.0 Å². The summed E-state index contributed by atoms with van der Waals surface area (Å²) >= 11 is 0. The number of carbonyl (C=O) groups excluding carboxylic acids is 1. The van der Waals surface area contributed by atoms with E-state index in [1.807, 2.05) is 18.2 Å². The van der Waals surface area contributed by atoms with Crippen molar-refractivity contribution < 1.29 is 9.53 Å². The third-order valence-corrected chi connectivity index (χ3v) is 4.20. The summed E-state index contributed by atoms with van der Waals surface area (Å²) in [4.78, 5) is 15.1. The molecule has 2 aromatic carbocycles. The smallest absolute Gasteiger partial charge is 0.255 e. The molecule has 0 spiro atoms.